The molecule has 0 aliphatic heterocycles. The Morgan fingerprint density at radius 2 is 0.768 bits per heavy atom. The van der Waals surface area contributed by atoms with Crippen LogP contribution in [0.1, 0.15) is 0 Å². The fourth-order valence-electron chi connectivity index (χ4n) is 7.92. The molecule has 0 saturated heterocycles. The molecule has 0 aliphatic rings. The van der Waals surface area contributed by atoms with Crippen LogP contribution < -0.4 is 0 Å². The van der Waals surface area contributed by atoms with E-state index < -0.39 is 0 Å². The van der Waals surface area contributed by atoms with Gasteiger partial charge in [-0.1, -0.05) is 158 Å². The maximum Gasteiger partial charge on any atom is 0.164 e. The third kappa shape index (κ3) is 5.56. The van der Waals surface area contributed by atoms with Crippen molar-refractivity contribution in [3.05, 3.63) is 194 Å². The summed E-state index contributed by atoms with van der Waals surface area (Å²) >= 11 is 1.81. The molecule has 0 N–H and O–H groups in total. The molecule has 11 aromatic rings. The molecule has 0 radical (unpaired) electrons. The summed E-state index contributed by atoms with van der Waals surface area (Å²) < 4.78 is 4.86. The fourth-order valence-corrected chi connectivity index (χ4v) is 9.10. The van der Waals surface area contributed by atoms with Gasteiger partial charge in [0.1, 0.15) is 0 Å². The van der Waals surface area contributed by atoms with Gasteiger partial charge in [-0.25, -0.2) is 15.0 Å². The number of rotatable bonds is 6. The summed E-state index contributed by atoms with van der Waals surface area (Å²) in [6.45, 7) is 0. The lowest BCUT2D eigenvalue weighted by Crippen LogP contribution is -1.99. The van der Waals surface area contributed by atoms with Crippen molar-refractivity contribution in [1.82, 2.24) is 19.5 Å². The van der Waals surface area contributed by atoms with Crippen molar-refractivity contribution in [2.24, 2.45) is 0 Å². The molecule has 3 aromatic heterocycles. The first-order valence-electron chi connectivity index (χ1n) is 18.8. The van der Waals surface area contributed by atoms with Crippen molar-refractivity contribution in [2.45, 2.75) is 0 Å². The topological polar surface area (TPSA) is 43.6 Å². The second-order valence-electron chi connectivity index (χ2n) is 14.1. The van der Waals surface area contributed by atoms with Gasteiger partial charge in [0.2, 0.25) is 0 Å². The molecule has 5 heteroatoms. The number of hydrogen-bond donors (Lipinski definition) is 0. The molecule has 0 amide bonds. The van der Waals surface area contributed by atoms with Crippen molar-refractivity contribution >= 4 is 53.3 Å². The van der Waals surface area contributed by atoms with Crippen molar-refractivity contribution in [2.75, 3.05) is 0 Å². The minimum Gasteiger partial charge on any atom is -0.309 e. The predicted octanol–water partition coefficient (Wildman–Crippen LogP) is 13.7. The number of benzene rings is 8. The number of para-hydroxylation sites is 1. The maximum absolute atomic E-state index is 4.98. The van der Waals surface area contributed by atoms with Crippen LogP contribution in [0.5, 0.6) is 0 Å². The zero-order chi connectivity index (χ0) is 37.0. The summed E-state index contributed by atoms with van der Waals surface area (Å²) in [5, 5.41) is 4.98. The van der Waals surface area contributed by atoms with Crippen LogP contribution in [0.3, 0.4) is 0 Å². The van der Waals surface area contributed by atoms with E-state index in [-0.39, 0.29) is 0 Å². The smallest absolute Gasteiger partial charge is 0.164 e. The molecule has 8 aromatic carbocycles. The summed E-state index contributed by atoms with van der Waals surface area (Å²) in [6, 6.07) is 68.8. The van der Waals surface area contributed by atoms with E-state index in [4.69, 9.17) is 15.0 Å². The highest BCUT2D eigenvalue weighted by molar-refractivity contribution is 7.25. The normalized spacial score (nSPS) is 11.6. The van der Waals surface area contributed by atoms with E-state index in [2.05, 4.69) is 138 Å². The largest absolute Gasteiger partial charge is 0.309 e. The second kappa shape index (κ2) is 13.3. The predicted molar refractivity (Wildman–Crippen MR) is 234 cm³/mol. The first-order chi connectivity index (χ1) is 27.7. The van der Waals surface area contributed by atoms with Crippen molar-refractivity contribution in [1.29, 1.82) is 0 Å². The van der Waals surface area contributed by atoms with Gasteiger partial charge < -0.3 is 4.57 Å². The Morgan fingerprint density at radius 1 is 0.304 bits per heavy atom. The molecule has 0 bridgehead atoms. The Hall–Kier alpha value is -7.21. The van der Waals surface area contributed by atoms with Gasteiger partial charge in [-0.05, 0) is 58.7 Å². The number of aromatic nitrogens is 4. The first-order valence-corrected chi connectivity index (χ1v) is 19.6. The van der Waals surface area contributed by atoms with Crippen LogP contribution in [0.15, 0.2) is 194 Å². The molecule has 0 spiro atoms. The quantitative estimate of drug-likeness (QED) is 0.171. The molecule has 0 atom stereocenters. The molecule has 0 unspecified atom stereocenters. The number of nitrogens with zero attached hydrogens (tertiary/aromatic N) is 4. The van der Waals surface area contributed by atoms with E-state index >= 15 is 0 Å². The van der Waals surface area contributed by atoms with Gasteiger partial charge in [-0.2, -0.15) is 0 Å². The molecule has 4 nitrogen and oxygen atoms in total. The van der Waals surface area contributed by atoms with Crippen LogP contribution in [0, 0.1) is 0 Å². The highest BCUT2D eigenvalue weighted by Crippen LogP contribution is 2.40. The summed E-state index contributed by atoms with van der Waals surface area (Å²) in [5.41, 5.74) is 11.2. The third-order valence-electron chi connectivity index (χ3n) is 10.6. The standard InChI is InChI=1S/C51H32N4S/c1-4-13-33(14-5-1)37-23-26-42-41-21-10-11-22-45(41)55(46(42)30-37)40-20-12-19-36(29-40)38-24-27-43-44-28-25-39(32-48(44)56-47(43)31-38)51-53-49(34-15-6-2-7-16-34)52-50(54-51)35-17-8-3-9-18-35/h1-32H. The Bertz CT molecular complexity index is 3180. The lowest BCUT2D eigenvalue weighted by Gasteiger charge is -2.11. The fraction of sp³-hybridized carbons (Fsp3) is 0. The van der Waals surface area contributed by atoms with Crippen molar-refractivity contribution < 1.29 is 0 Å². The van der Waals surface area contributed by atoms with Crippen LogP contribution in [0.4, 0.5) is 0 Å². The van der Waals surface area contributed by atoms with E-state index in [1.54, 1.807) is 0 Å². The van der Waals surface area contributed by atoms with E-state index in [0.29, 0.717) is 17.5 Å². The Labute approximate surface area is 327 Å². The maximum atomic E-state index is 4.98. The van der Waals surface area contributed by atoms with Crippen LogP contribution in [-0.2, 0) is 0 Å². The van der Waals surface area contributed by atoms with Crippen molar-refractivity contribution in [3.63, 3.8) is 0 Å². The Morgan fingerprint density at radius 3 is 1.43 bits per heavy atom. The van der Waals surface area contributed by atoms with E-state index in [9.17, 15) is 0 Å². The van der Waals surface area contributed by atoms with Gasteiger partial charge in [-0.3, -0.25) is 0 Å². The van der Waals surface area contributed by atoms with Crippen LogP contribution in [-0.4, -0.2) is 19.5 Å². The molecule has 262 valence electrons. The molecule has 56 heavy (non-hydrogen) atoms. The molecular formula is C51H32N4S. The molecule has 3 heterocycles. The van der Waals surface area contributed by atoms with E-state index in [1.807, 2.05) is 72.0 Å². The monoisotopic (exact) mass is 732 g/mol. The Balaban J connectivity index is 0.996. The highest BCUT2D eigenvalue weighted by Gasteiger charge is 2.16. The van der Waals surface area contributed by atoms with Gasteiger partial charge in [0.05, 0.1) is 11.0 Å². The average Bonchev–Trinajstić information content (AvgIpc) is 3.81. The zero-order valence-corrected chi connectivity index (χ0v) is 31.0. The summed E-state index contributed by atoms with van der Waals surface area (Å²) in [7, 11) is 0. The second-order valence-corrected chi connectivity index (χ2v) is 15.1. The molecular weight excluding hydrogens is 701 g/mol. The van der Waals surface area contributed by atoms with Gasteiger partial charge in [0.15, 0.2) is 17.5 Å². The first kappa shape index (κ1) is 32.2. The van der Waals surface area contributed by atoms with Crippen LogP contribution in [0.25, 0.3) is 104 Å². The summed E-state index contributed by atoms with van der Waals surface area (Å²) in [5.74, 6) is 1.99. The van der Waals surface area contributed by atoms with Crippen LogP contribution in [0.2, 0.25) is 0 Å². The minimum atomic E-state index is 0.662. The van der Waals surface area contributed by atoms with Gasteiger partial charge in [-0.15, -0.1) is 11.3 Å². The number of hydrogen-bond acceptors (Lipinski definition) is 4. The molecule has 0 saturated carbocycles. The SMILES string of the molecule is c1ccc(-c2ccc3c4ccccc4n(-c4cccc(-c5ccc6c(c5)sc5cc(-c7nc(-c8ccccc8)nc(-c8ccccc8)n7)ccc56)c4)c3c2)cc1. The number of thiophene rings is 1. The Kier molecular flexibility index (Phi) is 7.64. The molecule has 0 fully saturated rings. The lowest BCUT2D eigenvalue weighted by molar-refractivity contribution is 1.07. The van der Waals surface area contributed by atoms with Gasteiger partial charge in [0.25, 0.3) is 0 Å². The minimum absolute atomic E-state index is 0.662. The van der Waals surface area contributed by atoms with Crippen LogP contribution >= 0.6 is 11.3 Å². The van der Waals surface area contributed by atoms with E-state index in [1.165, 1.54) is 64.2 Å². The van der Waals surface area contributed by atoms with Gasteiger partial charge >= 0.3 is 0 Å². The molecule has 0 aliphatic carbocycles. The van der Waals surface area contributed by atoms with Gasteiger partial charge in [0, 0.05) is 53.3 Å². The zero-order valence-electron chi connectivity index (χ0n) is 30.2. The van der Waals surface area contributed by atoms with E-state index in [0.717, 1.165) is 22.4 Å². The summed E-state index contributed by atoms with van der Waals surface area (Å²) in [4.78, 5) is 14.8. The molecule has 11 rings (SSSR count). The highest BCUT2D eigenvalue weighted by atomic mass is 32.1. The average molecular weight is 733 g/mol. The van der Waals surface area contributed by atoms with Crippen molar-refractivity contribution in [3.8, 4) is 62.1 Å². The summed E-state index contributed by atoms with van der Waals surface area (Å²) in [6.07, 6.45) is 0. The number of fused-ring (bicyclic) bond motifs is 6. The third-order valence-corrected chi connectivity index (χ3v) is 11.8. The lowest BCUT2D eigenvalue weighted by atomic mass is 10.0.